The molecule has 0 N–H and O–H groups in total. The van der Waals surface area contributed by atoms with E-state index in [0.29, 0.717) is 0 Å². The van der Waals surface area contributed by atoms with E-state index in [1.165, 1.54) is 0 Å². The van der Waals surface area contributed by atoms with Crippen LogP contribution in [0.5, 0.6) is 0 Å². The number of rotatable bonds is 2. The molecule has 3 rings (SSSR count). The number of hydrogen-bond acceptors (Lipinski definition) is 6. The van der Waals surface area contributed by atoms with E-state index in [2.05, 4.69) is 8.37 Å². The summed E-state index contributed by atoms with van der Waals surface area (Å²) in [6.45, 7) is 0.310. The second kappa shape index (κ2) is 5.44. The van der Waals surface area contributed by atoms with Gasteiger partial charge in [0, 0.05) is 0 Å². The monoisotopic (exact) mass is 298 g/mol. The van der Waals surface area contributed by atoms with Gasteiger partial charge >= 0.3 is 10.4 Å². The largest absolute Gasteiger partial charge is 0.400 e. The molecule has 0 bridgehead atoms. The van der Waals surface area contributed by atoms with Gasteiger partial charge in [0.1, 0.15) is 0 Å². The fourth-order valence-electron chi connectivity index (χ4n) is 1.98. The van der Waals surface area contributed by atoms with Crippen LogP contribution >= 0.6 is 0 Å². The Morgan fingerprint density at radius 1 is 0.833 bits per heavy atom. The van der Waals surface area contributed by atoms with Crippen molar-refractivity contribution in [2.24, 2.45) is 0 Å². The van der Waals surface area contributed by atoms with Crippen LogP contribution in [0.1, 0.15) is 38.5 Å². The lowest BCUT2D eigenvalue weighted by molar-refractivity contribution is 0.360. The Hall–Kier alpha value is -0.180. The first-order valence-corrected chi connectivity index (χ1v) is 9.12. The minimum absolute atomic E-state index is 0.0489. The predicted octanol–water partition coefficient (Wildman–Crippen LogP) is 0.784. The lowest BCUT2D eigenvalue weighted by atomic mass is 9.99. The summed E-state index contributed by atoms with van der Waals surface area (Å²) in [5.41, 5.74) is 0. The van der Waals surface area contributed by atoms with Crippen LogP contribution in [0.25, 0.3) is 0 Å². The summed E-state index contributed by atoms with van der Waals surface area (Å²) >= 11 is 0. The van der Waals surface area contributed by atoms with Gasteiger partial charge in [0.15, 0.2) is 9.84 Å². The van der Waals surface area contributed by atoms with E-state index in [9.17, 15) is 16.8 Å². The predicted molar refractivity (Wildman–Crippen MR) is 65.0 cm³/mol. The molecule has 0 amide bonds. The molecule has 0 unspecified atom stereocenters. The van der Waals surface area contributed by atoms with E-state index < -0.39 is 20.2 Å². The molecule has 3 aliphatic rings. The van der Waals surface area contributed by atoms with E-state index in [1.54, 1.807) is 0 Å². The molecule has 1 heterocycles. The summed E-state index contributed by atoms with van der Waals surface area (Å²) in [4.78, 5) is 0. The van der Waals surface area contributed by atoms with Gasteiger partial charge in [-0.1, -0.05) is 12.8 Å². The first kappa shape index (κ1) is 14.2. The van der Waals surface area contributed by atoms with Crippen LogP contribution in [0.15, 0.2) is 0 Å². The summed E-state index contributed by atoms with van der Waals surface area (Å²) in [7, 11) is -6.21. The molecule has 0 aromatic heterocycles. The van der Waals surface area contributed by atoms with Crippen LogP contribution in [-0.4, -0.2) is 40.5 Å². The first-order chi connectivity index (χ1) is 8.42. The van der Waals surface area contributed by atoms with Crippen molar-refractivity contribution in [3.63, 3.8) is 0 Å². The van der Waals surface area contributed by atoms with Crippen molar-refractivity contribution in [1.82, 2.24) is 0 Å². The second-order valence-corrected chi connectivity index (χ2v) is 8.55. The topological polar surface area (TPSA) is 86.7 Å². The van der Waals surface area contributed by atoms with Gasteiger partial charge < -0.3 is 0 Å². The highest BCUT2D eigenvalue weighted by Gasteiger charge is 2.39. The van der Waals surface area contributed by atoms with Gasteiger partial charge in [-0.15, -0.1) is 0 Å². The molecule has 0 aromatic carbocycles. The average Bonchev–Trinajstić information content (AvgIpc) is 2.42. The zero-order chi connectivity index (χ0) is 13.2. The Labute approximate surface area is 108 Å². The van der Waals surface area contributed by atoms with Gasteiger partial charge in [-0.05, 0) is 25.7 Å². The second-order valence-electron chi connectivity index (χ2n) is 4.75. The average molecular weight is 298 g/mol. The molecule has 2 saturated carbocycles. The fraction of sp³-hybridized carbons (Fsp3) is 1.00. The minimum atomic E-state index is -3.55. The summed E-state index contributed by atoms with van der Waals surface area (Å²) in [5.74, 6) is 0. The summed E-state index contributed by atoms with van der Waals surface area (Å²) in [5, 5.41) is 0.0978. The van der Waals surface area contributed by atoms with Gasteiger partial charge in [-0.25, -0.2) is 16.8 Å². The lowest BCUT2D eigenvalue weighted by Crippen LogP contribution is -2.39. The Morgan fingerprint density at radius 2 is 1.22 bits per heavy atom. The van der Waals surface area contributed by atoms with Crippen molar-refractivity contribution >= 4 is 20.2 Å². The smallest absolute Gasteiger partial charge is 0.246 e. The summed E-state index contributed by atoms with van der Waals surface area (Å²) in [6, 6.07) is 0. The highest BCUT2D eigenvalue weighted by Crippen LogP contribution is 2.35. The fourth-order valence-corrected chi connectivity index (χ4v) is 5.11. The molecule has 3 fully saturated rings. The Morgan fingerprint density at radius 3 is 1.39 bits per heavy atom. The van der Waals surface area contributed by atoms with Crippen LogP contribution < -0.4 is 0 Å². The maximum absolute atomic E-state index is 11.6. The van der Waals surface area contributed by atoms with Crippen LogP contribution in [0.3, 0.4) is 0 Å². The lowest BCUT2D eigenvalue weighted by Gasteiger charge is -2.33. The van der Waals surface area contributed by atoms with Gasteiger partial charge in [0.25, 0.3) is 0 Å². The molecule has 18 heavy (non-hydrogen) atoms. The van der Waals surface area contributed by atoms with Crippen molar-refractivity contribution in [2.45, 2.75) is 49.0 Å². The molecular formula is C10H18O6S2. The summed E-state index contributed by atoms with van der Waals surface area (Å²) < 4.78 is 51.3. The molecule has 6 nitrogen and oxygen atoms in total. The van der Waals surface area contributed by atoms with Crippen LogP contribution in [0.2, 0.25) is 0 Å². The molecule has 0 atom stereocenters. The van der Waals surface area contributed by atoms with E-state index in [-0.39, 0.29) is 23.7 Å². The molecule has 0 aromatic rings. The van der Waals surface area contributed by atoms with Crippen molar-refractivity contribution in [3.05, 3.63) is 0 Å². The van der Waals surface area contributed by atoms with E-state index in [4.69, 9.17) is 0 Å². The van der Waals surface area contributed by atoms with Crippen molar-refractivity contribution in [3.8, 4) is 0 Å². The molecule has 0 spiro atoms. The van der Waals surface area contributed by atoms with E-state index in [1.807, 2.05) is 0 Å². The molecule has 1 saturated heterocycles. The standard InChI is InChI=1S/C8H14O2S.C2H4O4S/c9-11(10,7-3-1-4-7)8-5-2-6-8;3-7(4)5-1-2-6-7/h7-8H,1-6H2;1-2H2. The molecule has 8 heteroatoms. The number of hydrogen-bond donors (Lipinski definition) is 0. The maximum Gasteiger partial charge on any atom is 0.400 e. The molecular weight excluding hydrogens is 280 g/mol. The quantitative estimate of drug-likeness (QED) is 0.749. The van der Waals surface area contributed by atoms with Crippen LogP contribution in [0.4, 0.5) is 0 Å². The van der Waals surface area contributed by atoms with Crippen LogP contribution in [0, 0.1) is 0 Å². The molecule has 106 valence electrons. The highest BCUT2D eigenvalue weighted by molar-refractivity contribution is 7.92. The van der Waals surface area contributed by atoms with Gasteiger partial charge in [-0.3, -0.25) is 0 Å². The third kappa shape index (κ3) is 3.23. The van der Waals surface area contributed by atoms with Crippen LogP contribution in [-0.2, 0) is 28.6 Å². The molecule has 1 aliphatic heterocycles. The maximum atomic E-state index is 11.6. The third-order valence-corrected chi connectivity index (χ3v) is 7.28. The highest BCUT2D eigenvalue weighted by atomic mass is 32.3. The molecule has 2 aliphatic carbocycles. The van der Waals surface area contributed by atoms with Gasteiger partial charge in [-0.2, -0.15) is 8.42 Å². The number of sulfone groups is 1. The Kier molecular flexibility index (Phi) is 4.30. The van der Waals surface area contributed by atoms with Crippen molar-refractivity contribution < 1.29 is 25.2 Å². The first-order valence-electron chi connectivity index (χ1n) is 6.18. The minimum Gasteiger partial charge on any atom is -0.246 e. The van der Waals surface area contributed by atoms with Gasteiger partial charge in [0.05, 0.1) is 23.7 Å². The Bertz CT molecular complexity index is 440. The Balaban J connectivity index is 0.000000149. The zero-order valence-corrected chi connectivity index (χ0v) is 11.7. The van der Waals surface area contributed by atoms with Gasteiger partial charge in [0.2, 0.25) is 0 Å². The van der Waals surface area contributed by atoms with E-state index in [0.717, 1.165) is 38.5 Å². The zero-order valence-electron chi connectivity index (χ0n) is 10.1. The van der Waals surface area contributed by atoms with Crippen molar-refractivity contribution in [2.75, 3.05) is 13.2 Å². The van der Waals surface area contributed by atoms with E-state index >= 15 is 0 Å². The normalized spacial score (nSPS) is 27.8. The third-order valence-electron chi connectivity index (χ3n) is 3.57. The SMILES string of the molecule is O=S(=O)(C1CCC1)C1CCC1.O=S1(=O)OCCO1. The summed E-state index contributed by atoms with van der Waals surface area (Å²) in [6.07, 6.45) is 5.96. The van der Waals surface area contributed by atoms with Crippen molar-refractivity contribution in [1.29, 1.82) is 0 Å². The molecule has 0 radical (unpaired) electrons.